The Bertz CT molecular complexity index is 1250. The van der Waals surface area contributed by atoms with Gasteiger partial charge in [0.05, 0.1) is 19.8 Å². The molecular formula is C26H26N2O6. The van der Waals surface area contributed by atoms with Crippen LogP contribution < -0.4 is 19.3 Å². The van der Waals surface area contributed by atoms with Gasteiger partial charge in [-0.15, -0.1) is 0 Å². The molecule has 1 unspecified atom stereocenters. The number of aliphatic hydroxyl groups is 1. The highest BCUT2D eigenvalue weighted by molar-refractivity contribution is 6.51. The number of aliphatic hydroxyl groups excluding tert-OH is 1. The normalized spacial score (nSPS) is 17.2. The first-order valence-corrected chi connectivity index (χ1v) is 10.6. The van der Waals surface area contributed by atoms with Gasteiger partial charge in [-0.25, -0.2) is 0 Å². The minimum Gasteiger partial charge on any atom is -0.506 e. The maximum atomic E-state index is 13.3. The molecule has 0 saturated carbocycles. The lowest BCUT2D eigenvalue weighted by atomic mass is 9.98. The quantitative estimate of drug-likeness (QED) is 0.332. The van der Waals surface area contributed by atoms with Crippen LogP contribution in [0.3, 0.4) is 0 Å². The Labute approximate surface area is 197 Å². The van der Waals surface area contributed by atoms with E-state index in [-0.39, 0.29) is 11.1 Å². The molecule has 0 radical (unpaired) electrons. The molecule has 1 aliphatic rings. The van der Waals surface area contributed by atoms with Gasteiger partial charge >= 0.3 is 0 Å². The predicted octanol–water partition coefficient (Wildman–Crippen LogP) is 4.30. The van der Waals surface area contributed by atoms with E-state index in [1.165, 1.54) is 19.1 Å². The summed E-state index contributed by atoms with van der Waals surface area (Å²) in [5.74, 6) is -0.449. The van der Waals surface area contributed by atoms with Crippen LogP contribution in [0, 0.1) is 6.92 Å². The van der Waals surface area contributed by atoms with E-state index in [4.69, 9.17) is 13.9 Å². The van der Waals surface area contributed by atoms with E-state index in [1.807, 2.05) is 31.1 Å². The van der Waals surface area contributed by atoms with E-state index in [0.717, 1.165) is 5.69 Å². The summed E-state index contributed by atoms with van der Waals surface area (Å²) < 4.78 is 16.7. The van der Waals surface area contributed by atoms with Crippen LogP contribution >= 0.6 is 0 Å². The number of rotatable bonds is 6. The number of ketones is 1. The molecule has 176 valence electrons. The van der Waals surface area contributed by atoms with Gasteiger partial charge in [-0.1, -0.05) is 6.07 Å². The van der Waals surface area contributed by atoms with Gasteiger partial charge in [0, 0.05) is 25.5 Å². The van der Waals surface area contributed by atoms with Gasteiger partial charge in [-0.3, -0.25) is 14.5 Å². The summed E-state index contributed by atoms with van der Waals surface area (Å²) in [5, 5.41) is 11.4. The van der Waals surface area contributed by atoms with Crippen LogP contribution in [0.4, 0.5) is 11.4 Å². The second-order valence-corrected chi connectivity index (χ2v) is 8.07. The fourth-order valence-corrected chi connectivity index (χ4v) is 4.10. The maximum absolute atomic E-state index is 13.3. The summed E-state index contributed by atoms with van der Waals surface area (Å²) in [4.78, 5) is 29.9. The second-order valence-electron chi connectivity index (χ2n) is 8.07. The SMILES string of the molecule is COc1cccc(OC)c1/C(O)=C1\C(=O)C(=O)N(c2ccc(N(C)C)cc2)C1c1ccc(C)o1. The Hall–Kier alpha value is -4.20. The minimum atomic E-state index is -0.978. The molecule has 8 nitrogen and oxygen atoms in total. The Morgan fingerprint density at radius 1 is 0.971 bits per heavy atom. The van der Waals surface area contributed by atoms with Gasteiger partial charge in [0.1, 0.15) is 40.4 Å². The lowest BCUT2D eigenvalue weighted by Gasteiger charge is -2.24. The average molecular weight is 463 g/mol. The summed E-state index contributed by atoms with van der Waals surface area (Å²) in [7, 11) is 6.72. The van der Waals surface area contributed by atoms with Crippen molar-refractivity contribution in [3.05, 3.63) is 77.3 Å². The molecule has 1 N–H and O–H groups in total. The Kier molecular flexibility index (Phi) is 6.06. The first-order chi connectivity index (χ1) is 16.3. The van der Waals surface area contributed by atoms with Crippen LogP contribution in [0.2, 0.25) is 0 Å². The van der Waals surface area contributed by atoms with Gasteiger partial charge in [0.25, 0.3) is 11.7 Å². The highest BCUT2D eigenvalue weighted by Crippen LogP contribution is 2.45. The molecule has 34 heavy (non-hydrogen) atoms. The van der Waals surface area contributed by atoms with E-state index in [1.54, 1.807) is 49.4 Å². The van der Waals surface area contributed by atoms with Crippen LogP contribution in [0.25, 0.3) is 5.76 Å². The molecule has 2 aromatic carbocycles. The lowest BCUT2D eigenvalue weighted by molar-refractivity contribution is -0.132. The zero-order chi connectivity index (χ0) is 24.6. The Morgan fingerprint density at radius 3 is 2.09 bits per heavy atom. The predicted molar refractivity (Wildman–Crippen MR) is 129 cm³/mol. The number of carbonyl (C=O) groups excluding carboxylic acids is 2. The van der Waals surface area contributed by atoms with Crippen molar-refractivity contribution >= 4 is 28.8 Å². The van der Waals surface area contributed by atoms with Crippen LogP contribution in [-0.4, -0.2) is 45.1 Å². The first kappa shape index (κ1) is 23.0. The second kappa shape index (κ2) is 8.97. The summed E-state index contributed by atoms with van der Waals surface area (Å²) in [6, 6.07) is 14.7. The van der Waals surface area contributed by atoms with Gasteiger partial charge < -0.3 is 23.9 Å². The molecule has 1 atom stereocenters. The molecular weight excluding hydrogens is 436 g/mol. The molecule has 0 aliphatic carbocycles. The van der Waals surface area contributed by atoms with Gasteiger partial charge in [-0.05, 0) is 55.5 Å². The van der Waals surface area contributed by atoms with Crippen molar-refractivity contribution in [1.29, 1.82) is 0 Å². The highest BCUT2D eigenvalue weighted by Gasteiger charge is 2.49. The third kappa shape index (κ3) is 3.77. The maximum Gasteiger partial charge on any atom is 0.300 e. The average Bonchev–Trinajstić information content (AvgIpc) is 3.38. The number of Topliss-reactive ketones (excluding diaryl/α,β-unsaturated/α-hetero) is 1. The molecule has 1 amide bonds. The van der Waals surface area contributed by atoms with Gasteiger partial charge in [0.2, 0.25) is 0 Å². The van der Waals surface area contributed by atoms with Crippen molar-refractivity contribution in [2.45, 2.75) is 13.0 Å². The van der Waals surface area contributed by atoms with E-state index in [2.05, 4.69) is 0 Å². The number of benzene rings is 2. The number of aryl methyl sites for hydroxylation is 1. The highest BCUT2D eigenvalue weighted by atomic mass is 16.5. The molecule has 3 aromatic rings. The van der Waals surface area contributed by atoms with Crippen molar-refractivity contribution in [1.82, 2.24) is 0 Å². The largest absolute Gasteiger partial charge is 0.506 e. The summed E-state index contributed by atoms with van der Waals surface area (Å²) in [5.41, 5.74) is 1.50. The molecule has 1 aromatic heterocycles. The monoisotopic (exact) mass is 462 g/mol. The minimum absolute atomic E-state index is 0.112. The Balaban J connectivity index is 1.96. The van der Waals surface area contributed by atoms with E-state index < -0.39 is 23.5 Å². The number of nitrogens with zero attached hydrogens (tertiary/aromatic N) is 2. The summed E-state index contributed by atoms with van der Waals surface area (Å²) in [6.07, 6.45) is 0. The van der Waals surface area contributed by atoms with E-state index in [9.17, 15) is 14.7 Å². The molecule has 1 saturated heterocycles. The van der Waals surface area contributed by atoms with Crippen molar-refractivity contribution in [3.63, 3.8) is 0 Å². The number of amides is 1. The number of furan rings is 1. The Morgan fingerprint density at radius 2 is 1.59 bits per heavy atom. The van der Waals surface area contributed by atoms with Crippen molar-refractivity contribution in [2.75, 3.05) is 38.1 Å². The molecule has 2 heterocycles. The molecule has 1 fully saturated rings. The van der Waals surface area contributed by atoms with Crippen LogP contribution in [0.15, 0.2) is 64.6 Å². The fraction of sp³-hybridized carbons (Fsp3) is 0.231. The smallest absolute Gasteiger partial charge is 0.300 e. The number of methoxy groups -OCH3 is 2. The van der Waals surface area contributed by atoms with Crippen LogP contribution in [0.1, 0.15) is 23.1 Å². The number of hydrogen-bond donors (Lipinski definition) is 1. The molecule has 0 bridgehead atoms. The van der Waals surface area contributed by atoms with Crippen LogP contribution in [-0.2, 0) is 9.59 Å². The third-order valence-corrected chi connectivity index (χ3v) is 5.78. The lowest BCUT2D eigenvalue weighted by Crippen LogP contribution is -2.29. The van der Waals surface area contributed by atoms with Crippen LogP contribution in [0.5, 0.6) is 11.5 Å². The standard InChI is InChI=1S/C26H26N2O6/c1-15-9-14-20(34-15)23-22(24(29)21-18(32-4)7-6-8-19(21)33-5)25(30)26(31)28(23)17-12-10-16(11-13-17)27(2)3/h6-14,23,29H,1-5H3/b24-22+. The fourth-order valence-electron chi connectivity index (χ4n) is 4.10. The zero-order valence-electron chi connectivity index (χ0n) is 19.7. The summed E-state index contributed by atoms with van der Waals surface area (Å²) in [6.45, 7) is 1.77. The van der Waals surface area contributed by atoms with Crippen molar-refractivity contribution < 1.29 is 28.6 Å². The number of ether oxygens (including phenoxy) is 2. The van der Waals surface area contributed by atoms with E-state index >= 15 is 0 Å². The molecule has 8 heteroatoms. The molecule has 1 aliphatic heterocycles. The zero-order valence-corrected chi connectivity index (χ0v) is 19.7. The topological polar surface area (TPSA) is 92.4 Å². The summed E-state index contributed by atoms with van der Waals surface area (Å²) >= 11 is 0. The number of anilines is 2. The molecule has 0 spiro atoms. The first-order valence-electron chi connectivity index (χ1n) is 10.6. The van der Waals surface area contributed by atoms with E-state index in [0.29, 0.717) is 28.7 Å². The van der Waals surface area contributed by atoms with Gasteiger partial charge in [-0.2, -0.15) is 0 Å². The third-order valence-electron chi connectivity index (χ3n) is 5.78. The molecule has 4 rings (SSSR count). The van der Waals surface area contributed by atoms with Gasteiger partial charge in [0.15, 0.2) is 0 Å². The number of carbonyl (C=O) groups is 2. The van der Waals surface area contributed by atoms with Crippen molar-refractivity contribution in [2.24, 2.45) is 0 Å². The number of hydrogen-bond acceptors (Lipinski definition) is 7. The van der Waals surface area contributed by atoms with Crippen molar-refractivity contribution in [3.8, 4) is 11.5 Å².